The lowest BCUT2D eigenvalue weighted by molar-refractivity contribution is 0.164. The molecule has 0 fully saturated rings. The molecule has 0 aliphatic carbocycles. The third-order valence-electron chi connectivity index (χ3n) is 2.58. The molecular weight excluding hydrogens is 286 g/mol. The zero-order chi connectivity index (χ0) is 15.1. The second-order valence-corrected chi connectivity index (χ2v) is 5.27. The highest BCUT2D eigenvalue weighted by atomic mass is 32.2. The summed E-state index contributed by atoms with van der Waals surface area (Å²) >= 11 is 1.59. The van der Waals surface area contributed by atoms with E-state index in [4.69, 9.17) is 0 Å². The van der Waals surface area contributed by atoms with Gasteiger partial charge >= 0.3 is 6.03 Å². The van der Waals surface area contributed by atoms with Crippen molar-refractivity contribution in [2.75, 3.05) is 18.6 Å². The highest BCUT2D eigenvalue weighted by Gasteiger charge is 2.18. The SMILES string of the molecule is CSC[C@H](C)NC(=O)NC[C@H](O)c1c(F)cccc1F. The predicted molar refractivity (Wildman–Crippen MR) is 75.7 cm³/mol. The number of hydrogen-bond acceptors (Lipinski definition) is 3. The van der Waals surface area contributed by atoms with Crippen LogP contribution < -0.4 is 10.6 Å². The lowest BCUT2D eigenvalue weighted by atomic mass is 10.1. The zero-order valence-corrected chi connectivity index (χ0v) is 12.1. The van der Waals surface area contributed by atoms with Gasteiger partial charge in [0.05, 0.1) is 5.56 Å². The quantitative estimate of drug-likeness (QED) is 0.754. The Balaban J connectivity index is 2.51. The van der Waals surface area contributed by atoms with Crippen LogP contribution in [0.25, 0.3) is 0 Å². The molecule has 1 aromatic carbocycles. The van der Waals surface area contributed by atoms with Gasteiger partial charge in [-0.15, -0.1) is 0 Å². The van der Waals surface area contributed by atoms with E-state index in [9.17, 15) is 18.7 Å². The number of halogens is 2. The minimum absolute atomic E-state index is 0.0349. The average molecular weight is 304 g/mol. The molecule has 0 unspecified atom stereocenters. The number of urea groups is 1. The summed E-state index contributed by atoms with van der Waals surface area (Å²) in [4.78, 5) is 11.5. The third-order valence-corrected chi connectivity index (χ3v) is 3.42. The van der Waals surface area contributed by atoms with Gasteiger partial charge in [0.2, 0.25) is 0 Å². The number of aliphatic hydroxyl groups is 1. The van der Waals surface area contributed by atoms with Crippen molar-refractivity contribution in [3.8, 4) is 0 Å². The Hall–Kier alpha value is -1.34. The highest BCUT2D eigenvalue weighted by Crippen LogP contribution is 2.19. The van der Waals surface area contributed by atoms with Gasteiger partial charge in [0, 0.05) is 18.3 Å². The molecule has 0 aliphatic heterocycles. The summed E-state index contributed by atoms with van der Waals surface area (Å²) in [5.41, 5.74) is -0.440. The Kier molecular flexibility index (Phi) is 6.74. The molecule has 0 radical (unpaired) electrons. The Labute approximate surface area is 120 Å². The number of hydrogen-bond donors (Lipinski definition) is 3. The van der Waals surface area contributed by atoms with E-state index in [-0.39, 0.29) is 12.6 Å². The first-order chi connectivity index (χ1) is 9.45. The molecule has 2 amide bonds. The van der Waals surface area contributed by atoms with Crippen molar-refractivity contribution in [2.24, 2.45) is 0 Å². The van der Waals surface area contributed by atoms with Gasteiger partial charge in [-0.05, 0) is 25.3 Å². The average Bonchev–Trinajstić information content (AvgIpc) is 2.36. The molecule has 2 atom stereocenters. The van der Waals surface area contributed by atoms with Crippen molar-refractivity contribution in [2.45, 2.75) is 19.1 Å². The van der Waals surface area contributed by atoms with Crippen LogP contribution in [0.4, 0.5) is 13.6 Å². The number of benzene rings is 1. The molecule has 0 aromatic heterocycles. The van der Waals surface area contributed by atoms with Crippen LogP contribution in [0.1, 0.15) is 18.6 Å². The van der Waals surface area contributed by atoms with E-state index >= 15 is 0 Å². The van der Waals surface area contributed by atoms with Crippen LogP contribution in [0.5, 0.6) is 0 Å². The summed E-state index contributed by atoms with van der Waals surface area (Å²) in [7, 11) is 0. The highest BCUT2D eigenvalue weighted by molar-refractivity contribution is 7.98. The molecule has 112 valence electrons. The Bertz CT molecular complexity index is 440. The van der Waals surface area contributed by atoms with Gasteiger partial charge in [-0.3, -0.25) is 0 Å². The predicted octanol–water partition coefficient (Wildman–Crippen LogP) is 2.05. The van der Waals surface area contributed by atoms with E-state index in [0.717, 1.165) is 17.9 Å². The second kappa shape index (κ2) is 8.06. The molecular formula is C13H18F2N2O2S. The minimum atomic E-state index is -1.43. The molecule has 0 spiro atoms. The van der Waals surface area contributed by atoms with Crippen LogP contribution in [-0.4, -0.2) is 35.7 Å². The minimum Gasteiger partial charge on any atom is -0.386 e. The first-order valence-corrected chi connectivity index (χ1v) is 7.50. The van der Waals surface area contributed by atoms with E-state index < -0.39 is 29.3 Å². The number of amides is 2. The second-order valence-electron chi connectivity index (χ2n) is 4.36. The topological polar surface area (TPSA) is 61.4 Å². The van der Waals surface area contributed by atoms with Crippen molar-refractivity contribution in [1.82, 2.24) is 10.6 Å². The number of carbonyl (C=O) groups is 1. The maximum Gasteiger partial charge on any atom is 0.315 e. The zero-order valence-electron chi connectivity index (χ0n) is 11.3. The van der Waals surface area contributed by atoms with Gasteiger partial charge in [0.15, 0.2) is 0 Å². The summed E-state index contributed by atoms with van der Waals surface area (Å²) in [5.74, 6) is -0.927. The molecule has 0 saturated heterocycles. The largest absolute Gasteiger partial charge is 0.386 e. The molecule has 0 aliphatic rings. The molecule has 0 saturated carbocycles. The van der Waals surface area contributed by atoms with E-state index in [1.807, 2.05) is 13.2 Å². The Morgan fingerprint density at radius 1 is 1.40 bits per heavy atom. The first kappa shape index (κ1) is 16.7. The van der Waals surface area contributed by atoms with E-state index in [1.54, 1.807) is 11.8 Å². The summed E-state index contributed by atoms with van der Waals surface area (Å²) in [6.07, 6.45) is 0.485. The Morgan fingerprint density at radius 2 is 2.00 bits per heavy atom. The summed E-state index contributed by atoms with van der Waals surface area (Å²) in [5, 5.41) is 14.8. The summed E-state index contributed by atoms with van der Waals surface area (Å²) < 4.78 is 26.8. The van der Waals surface area contributed by atoms with E-state index in [2.05, 4.69) is 10.6 Å². The molecule has 20 heavy (non-hydrogen) atoms. The fraction of sp³-hybridized carbons (Fsp3) is 0.462. The normalized spacial score (nSPS) is 13.7. The number of rotatable bonds is 6. The van der Waals surface area contributed by atoms with Crippen LogP contribution in [0, 0.1) is 11.6 Å². The standard InChI is InChI=1S/C13H18F2N2O2S/c1-8(7-20-2)17-13(19)16-6-11(18)12-9(14)4-3-5-10(12)15/h3-5,8,11,18H,6-7H2,1-2H3,(H2,16,17,19)/t8-,11-/m0/s1. The lowest BCUT2D eigenvalue weighted by Gasteiger charge is -2.16. The number of nitrogens with one attached hydrogen (secondary N) is 2. The van der Waals surface area contributed by atoms with Crippen LogP contribution in [-0.2, 0) is 0 Å². The smallest absolute Gasteiger partial charge is 0.315 e. The summed E-state index contributed by atoms with van der Waals surface area (Å²) in [6, 6.07) is 2.81. The van der Waals surface area contributed by atoms with Crippen molar-refractivity contribution in [1.29, 1.82) is 0 Å². The molecule has 1 aromatic rings. The summed E-state index contributed by atoms with van der Waals surface area (Å²) in [6.45, 7) is 1.57. The van der Waals surface area contributed by atoms with Crippen molar-refractivity contribution in [3.63, 3.8) is 0 Å². The number of aliphatic hydroxyl groups excluding tert-OH is 1. The molecule has 3 N–H and O–H groups in total. The van der Waals surface area contributed by atoms with E-state index in [1.165, 1.54) is 6.07 Å². The first-order valence-electron chi connectivity index (χ1n) is 6.11. The van der Waals surface area contributed by atoms with Crippen molar-refractivity contribution in [3.05, 3.63) is 35.4 Å². The van der Waals surface area contributed by atoms with Crippen molar-refractivity contribution < 1.29 is 18.7 Å². The van der Waals surface area contributed by atoms with Gasteiger partial charge in [0.25, 0.3) is 0 Å². The third kappa shape index (κ3) is 4.97. The fourth-order valence-corrected chi connectivity index (χ4v) is 2.27. The van der Waals surface area contributed by atoms with Gasteiger partial charge in [-0.2, -0.15) is 11.8 Å². The monoisotopic (exact) mass is 304 g/mol. The fourth-order valence-electron chi connectivity index (χ4n) is 1.69. The van der Waals surface area contributed by atoms with Crippen LogP contribution in [0.15, 0.2) is 18.2 Å². The lowest BCUT2D eigenvalue weighted by Crippen LogP contribution is -2.43. The van der Waals surface area contributed by atoms with E-state index in [0.29, 0.717) is 0 Å². The molecule has 7 heteroatoms. The van der Waals surface area contributed by atoms with Crippen LogP contribution in [0.2, 0.25) is 0 Å². The molecule has 0 bridgehead atoms. The van der Waals surface area contributed by atoms with Gasteiger partial charge in [-0.1, -0.05) is 6.07 Å². The van der Waals surface area contributed by atoms with Gasteiger partial charge in [-0.25, -0.2) is 13.6 Å². The van der Waals surface area contributed by atoms with Crippen molar-refractivity contribution >= 4 is 17.8 Å². The van der Waals surface area contributed by atoms with Crippen LogP contribution >= 0.6 is 11.8 Å². The van der Waals surface area contributed by atoms with Gasteiger partial charge < -0.3 is 15.7 Å². The number of thioether (sulfide) groups is 1. The van der Waals surface area contributed by atoms with Crippen LogP contribution in [0.3, 0.4) is 0 Å². The maximum atomic E-state index is 13.4. The van der Waals surface area contributed by atoms with Gasteiger partial charge in [0.1, 0.15) is 17.7 Å². The Morgan fingerprint density at radius 3 is 2.55 bits per heavy atom. The molecule has 1 rings (SSSR count). The maximum absolute atomic E-state index is 13.4. The molecule has 4 nitrogen and oxygen atoms in total. The molecule has 0 heterocycles. The number of carbonyl (C=O) groups excluding carboxylic acids is 1.